The van der Waals surface area contributed by atoms with E-state index in [1.807, 2.05) is 5.92 Å². The van der Waals surface area contributed by atoms with Crippen LogP contribution in [0.2, 0.25) is 0 Å². The van der Waals surface area contributed by atoms with E-state index in [1.54, 1.807) is 0 Å². The smallest absolute Gasteiger partial charge is 0.295 e. The molecule has 68 valence electrons. The summed E-state index contributed by atoms with van der Waals surface area (Å²) in [4.78, 5) is 10.5. The molecule has 0 spiro atoms. The molecule has 1 amide bonds. The Morgan fingerprint density at radius 3 is 2.67 bits per heavy atom. The first-order valence-corrected chi connectivity index (χ1v) is 4.12. The SMILES string of the molecule is C#CC(=O)NCCNCC(C)C. The van der Waals surface area contributed by atoms with Crippen molar-refractivity contribution in [3.05, 3.63) is 0 Å². The lowest BCUT2D eigenvalue weighted by molar-refractivity contribution is -0.115. The summed E-state index contributed by atoms with van der Waals surface area (Å²) in [6.07, 6.45) is 4.85. The Morgan fingerprint density at radius 2 is 2.17 bits per heavy atom. The van der Waals surface area contributed by atoms with Gasteiger partial charge in [-0.05, 0) is 18.4 Å². The minimum absolute atomic E-state index is 0.346. The first-order chi connectivity index (χ1) is 5.66. The van der Waals surface area contributed by atoms with E-state index in [2.05, 4.69) is 24.5 Å². The number of hydrogen-bond acceptors (Lipinski definition) is 2. The predicted molar refractivity (Wildman–Crippen MR) is 49.6 cm³/mol. The Labute approximate surface area is 73.9 Å². The number of amides is 1. The minimum atomic E-state index is -0.346. The van der Waals surface area contributed by atoms with Crippen molar-refractivity contribution in [3.8, 4) is 12.3 Å². The zero-order chi connectivity index (χ0) is 9.40. The fraction of sp³-hybridized carbons (Fsp3) is 0.667. The first kappa shape index (κ1) is 11.0. The van der Waals surface area contributed by atoms with Gasteiger partial charge in [0.05, 0.1) is 0 Å². The van der Waals surface area contributed by atoms with Crippen molar-refractivity contribution in [3.63, 3.8) is 0 Å². The lowest BCUT2D eigenvalue weighted by Crippen LogP contribution is -2.32. The highest BCUT2D eigenvalue weighted by molar-refractivity contribution is 5.92. The van der Waals surface area contributed by atoms with Gasteiger partial charge in [-0.25, -0.2) is 0 Å². The van der Waals surface area contributed by atoms with E-state index in [4.69, 9.17) is 6.42 Å². The molecule has 0 rings (SSSR count). The highest BCUT2D eigenvalue weighted by Crippen LogP contribution is 1.85. The summed E-state index contributed by atoms with van der Waals surface area (Å²) in [5, 5.41) is 5.75. The number of nitrogens with one attached hydrogen (secondary N) is 2. The quantitative estimate of drug-likeness (QED) is 0.447. The topological polar surface area (TPSA) is 41.1 Å². The molecule has 0 aliphatic rings. The Morgan fingerprint density at radius 1 is 1.50 bits per heavy atom. The molecule has 0 aliphatic carbocycles. The van der Waals surface area contributed by atoms with E-state index in [9.17, 15) is 4.79 Å². The van der Waals surface area contributed by atoms with Gasteiger partial charge in [0.25, 0.3) is 5.91 Å². The van der Waals surface area contributed by atoms with Gasteiger partial charge >= 0.3 is 0 Å². The molecule has 0 saturated carbocycles. The van der Waals surface area contributed by atoms with Crippen LogP contribution in [-0.4, -0.2) is 25.5 Å². The highest BCUT2D eigenvalue weighted by Gasteiger charge is 1.94. The Hall–Kier alpha value is -1.01. The summed E-state index contributed by atoms with van der Waals surface area (Å²) in [6.45, 7) is 6.59. The lowest BCUT2D eigenvalue weighted by Gasteiger charge is -2.06. The van der Waals surface area contributed by atoms with Gasteiger partial charge < -0.3 is 10.6 Å². The summed E-state index contributed by atoms with van der Waals surface area (Å²) in [5.74, 6) is 2.27. The van der Waals surface area contributed by atoms with Gasteiger partial charge in [0, 0.05) is 13.1 Å². The van der Waals surface area contributed by atoms with Crippen molar-refractivity contribution in [1.29, 1.82) is 0 Å². The molecule has 12 heavy (non-hydrogen) atoms. The second-order valence-corrected chi connectivity index (χ2v) is 3.00. The van der Waals surface area contributed by atoms with E-state index < -0.39 is 0 Å². The van der Waals surface area contributed by atoms with Gasteiger partial charge in [0.1, 0.15) is 0 Å². The minimum Gasteiger partial charge on any atom is -0.344 e. The van der Waals surface area contributed by atoms with Crippen LogP contribution in [0.5, 0.6) is 0 Å². The third-order valence-corrected chi connectivity index (χ3v) is 1.27. The third-order valence-electron chi connectivity index (χ3n) is 1.27. The van der Waals surface area contributed by atoms with Crippen molar-refractivity contribution in [2.24, 2.45) is 5.92 Å². The highest BCUT2D eigenvalue weighted by atomic mass is 16.1. The molecule has 0 radical (unpaired) electrons. The van der Waals surface area contributed by atoms with Crippen molar-refractivity contribution in [2.45, 2.75) is 13.8 Å². The molecule has 0 unspecified atom stereocenters. The van der Waals surface area contributed by atoms with Gasteiger partial charge in [0.2, 0.25) is 0 Å². The van der Waals surface area contributed by atoms with Crippen molar-refractivity contribution >= 4 is 5.91 Å². The van der Waals surface area contributed by atoms with Gasteiger partial charge in [-0.2, -0.15) is 0 Å². The molecule has 0 bridgehead atoms. The number of hydrogen-bond donors (Lipinski definition) is 2. The monoisotopic (exact) mass is 168 g/mol. The average molecular weight is 168 g/mol. The van der Waals surface area contributed by atoms with Crippen molar-refractivity contribution in [1.82, 2.24) is 10.6 Å². The second kappa shape index (κ2) is 6.68. The maximum absolute atomic E-state index is 10.5. The Bertz CT molecular complexity index is 170. The molecule has 0 saturated heterocycles. The predicted octanol–water partition coefficient (Wildman–Crippen LogP) is -0.0186. The molecular weight excluding hydrogens is 152 g/mol. The molecule has 3 nitrogen and oxygen atoms in total. The van der Waals surface area contributed by atoms with Crippen LogP contribution in [0.25, 0.3) is 0 Å². The summed E-state index contributed by atoms with van der Waals surface area (Å²) in [7, 11) is 0. The fourth-order valence-electron chi connectivity index (χ4n) is 0.706. The van der Waals surface area contributed by atoms with Gasteiger partial charge in [-0.1, -0.05) is 13.8 Å². The molecule has 0 aliphatic heterocycles. The van der Waals surface area contributed by atoms with Crippen LogP contribution in [0.1, 0.15) is 13.8 Å². The van der Waals surface area contributed by atoms with Gasteiger partial charge in [-0.15, -0.1) is 6.42 Å². The van der Waals surface area contributed by atoms with E-state index in [0.717, 1.165) is 13.1 Å². The van der Waals surface area contributed by atoms with Crippen molar-refractivity contribution in [2.75, 3.05) is 19.6 Å². The zero-order valence-electron chi connectivity index (χ0n) is 7.68. The molecule has 3 heteroatoms. The van der Waals surface area contributed by atoms with Gasteiger partial charge in [0.15, 0.2) is 0 Å². The summed E-state index contributed by atoms with van der Waals surface area (Å²) >= 11 is 0. The first-order valence-electron chi connectivity index (χ1n) is 4.12. The van der Waals surface area contributed by atoms with E-state index in [0.29, 0.717) is 12.5 Å². The second-order valence-electron chi connectivity index (χ2n) is 3.00. The number of carbonyl (C=O) groups excluding carboxylic acids is 1. The van der Waals surface area contributed by atoms with E-state index >= 15 is 0 Å². The molecule has 0 fully saturated rings. The Kier molecular flexibility index (Phi) is 6.12. The maximum atomic E-state index is 10.5. The van der Waals surface area contributed by atoms with Crippen LogP contribution in [0.15, 0.2) is 0 Å². The largest absolute Gasteiger partial charge is 0.344 e. The zero-order valence-corrected chi connectivity index (χ0v) is 7.68. The van der Waals surface area contributed by atoms with Crippen LogP contribution in [0.3, 0.4) is 0 Å². The molecular formula is C9H16N2O. The van der Waals surface area contributed by atoms with E-state index in [-0.39, 0.29) is 5.91 Å². The molecule has 0 aromatic rings. The average Bonchev–Trinajstić information content (AvgIpc) is 2.03. The fourth-order valence-corrected chi connectivity index (χ4v) is 0.706. The standard InChI is InChI=1S/C9H16N2O/c1-4-9(12)11-6-5-10-7-8(2)3/h1,8,10H,5-7H2,2-3H3,(H,11,12). The summed E-state index contributed by atoms with van der Waals surface area (Å²) in [5.41, 5.74) is 0. The molecule has 0 aromatic carbocycles. The number of carbonyl (C=O) groups is 1. The van der Waals surface area contributed by atoms with Crippen LogP contribution in [-0.2, 0) is 4.79 Å². The number of terminal acetylenes is 1. The Balaban J connectivity index is 3.12. The lowest BCUT2D eigenvalue weighted by atomic mass is 10.2. The summed E-state index contributed by atoms with van der Waals surface area (Å²) in [6, 6.07) is 0. The van der Waals surface area contributed by atoms with Crippen LogP contribution < -0.4 is 10.6 Å². The normalized spacial score (nSPS) is 9.50. The molecule has 2 N–H and O–H groups in total. The third kappa shape index (κ3) is 7.10. The van der Waals surface area contributed by atoms with Crippen LogP contribution in [0, 0.1) is 18.3 Å². The summed E-state index contributed by atoms with van der Waals surface area (Å²) < 4.78 is 0. The van der Waals surface area contributed by atoms with E-state index in [1.165, 1.54) is 0 Å². The van der Waals surface area contributed by atoms with Crippen LogP contribution in [0.4, 0.5) is 0 Å². The molecule has 0 atom stereocenters. The molecule has 0 heterocycles. The molecule has 0 aromatic heterocycles. The maximum Gasteiger partial charge on any atom is 0.295 e. The van der Waals surface area contributed by atoms with Crippen LogP contribution >= 0.6 is 0 Å². The number of rotatable bonds is 5. The van der Waals surface area contributed by atoms with Crippen molar-refractivity contribution < 1.29 is 4.79 Å². The van der Waals surface area contributed by atoms with Gasteiger partial charge in [-0.3, -0.25) is 4.79 Å².